The highest BCUT2D eigenvalue weighted by Gasteiger charge is 2.24. The summed E-state index contributed by atoms with van der Waals surface area (Å²) in [5.41, 5.74) is 3.34. The molecule has 1 unspecified atom stereocenters. The van der Waals surface area contributed by atoms with Crippen molar-refractivity contribution in [1.29, 1.82) is 0 Å². The second kappa shape index (κ2) is 5.69. The highest BCUT2D eigenvalue weighted by molar-refractivity contribution is 5.45. The van der Waals surface area contributed by atoms with Gasteiger partial charge in [0.25, 0.3) is 0 Å². The molecule has 0 radical (unpaired) electrons. The van der Waals surface area contributed by atoms with Crippen molar-refractivity contribution in [3.8, 4) is 5.75 Å². The molecular weight excluding hydrogens is 224 g/mol. The predicted molar refractivity (Wildman–Crippen MR) is 73.6 cm³/mol. The number of allylic oxidation sites excluding steroid dienone is 2. The Balaban J connectivity index is 2.45. The van der Waals surface area contributed by atoms with Gasteiger partial charge < -0.3 is 9.47 Å². The van der Waals surface area contributed by atoms with Gasteiger partial charge in [0, 0.05) is 5.56 Å². The van der Waals surface area contributed by atoms with Gasteiger partial charge in [0.05, 0.1) is 0 Å². The van der Waals surface area contributed by atoms with Crippen LogP contribution in [0.4, 0.5) is 0 Å². The Kier molecular flexibility index (Phi) is 4.00. The van der Waals surface area contributed by atoms with Crippen molar-refractivity contribution in [2.45, 2.75) is 19.4 Å². The van der Waals surface area contributed by atoms with Crippen molar-refractivity contribution in [3.05, 3.63) is 66.3 Å². The fourth-order valence-electron chi connectivity index (χ4n) is 2.08. The van der Waals surface area contributed by atoms with Crippen LogP contribution in [-0.2, 0) is 11.2 Å². The maximum atomic E-state index is 5.70. The molecule has 1 heterocycles. The lowest BCUT2D eigenvalue weighted by molar-refractivity contribution is -0.0422. The summed E-state index contributed by atoms with van der Waals surface area (Å²) in [6.07, 6.45) is 6.36. The maximum Gasteiger partial charge on any atom is 0.190 e. The summed E-state index contributed by atoms with van der Waals surface area (Å²) in [5.74, 6) is 0.889. The quantitative estimate of drug-likeness (QED) is 0.744. The minimum atomic E-state index is -0.115. The van der Waals surface area contributed by atoms with Crippen LogP contribution in [0.3, 0.4) is 0 Å². The van der Waals surface area contributed by atoms with Gasteiger partial charge in [-0.25, -0.2) is 0 Å². The fraction of sp³-hybridized carbons (Fsp3) is 0.250. The summed E-state index contributed by atoms with van der Waals surface area (Å²) >= 11 is 0. The zero-order chi connectivity index (χ0) is 13.0. The van der Waals surface area contributed by atoms with Gasteiger partial charge >= 0.3 is 0 Å². The van der Waals surface area contributed by atoms with Gasteiger partial charge in [0.1, 0.15) is 11.9 Å². The minimum absolute atomic E-state index is 0.115. The Morgan fingerprint density at radius 2 is 2.28 bits per heavy atom. The normalized spacial score (nSPS) is 18.7. The molecular formula is C16H18O2. The Morgan fingerprint density at radius 1 is 1.44 bits per heavy atom. The molecule has 1 aromatic carbocycles. The van der Waals surface area contributed by atoms with Gasteiger partial charge in [-0.3, -0.25) is 0 Å². The molecule has 2 nitrogen and oxygen atoms in total. The van der Waals surface area contributed by atoms with Crippen molar-refractivity contribution < 1.29 is 9.47 Å². The highest BCUT2D eigenvalue weighted by Crippen LogP contribution is 2.37. The van der Waals surface area contributed by atoms with E-state index in [1.165, 1.54) is 5.56 Å². The van der Waals surface area contributed by atoms with Crippen LogP contribution < -0.4 is 4.74 Å². The molecule has 1 atom stereocenters. The predicted octanol–water partition coefficient (Wildman–Crippen LogP) is 3.96. The van der Waals surface area contributed by atoms with Gasteiger partial charge in [0.2, 0.25) is 0 Å². The molecule has 2 heteroatoms. The summed E-state index contributed by atoms with van der Waals surface area (Å²) in [5, 5.41) is 0. The fourth-order valence-corrected chi connectivity index (χ4v) is 2.08. The minimum Gasteiger partial charge on any atom is -0.467 e. The monoisotopic (exact) mass is 242 g/mol. The number of fused-ring (bicyclic) bond motifs is 1. The third-order valence-corrected chi connectivity index (χ3v) is 3.06. The number of hydrogen-bond donors (Lipinski definition) is 0. The van der Waals surface area contributed by atoms with Crippen LogP contribution in [0.25, 0.3) is 0 Å². The second-order valence-electron chi connectivity index (χ2n) is 4.14. The van der Waals surface area contributed by atoms with Crippen LogP contribution in [-0.4, -0.2) is 6.79 Å². The van der Waals surface area contributed by atoms with Crippen molar-refractivity contribution in [2.75, 3.05) is 6.79 Å². The molecule has 1 aliphatic heterocycles. The summed E-state index contributed by atoms with van der Waals surface area (Å²) < 4.78 is 11.2. The van der Waals surface area contributed by atoms with Crippen LogP contribution in [0, 0.1) is 0 Å². The summed E-state index contributed by atoms with van der Waals surface area (Å²) in [4.78, 5) is 0. The van der Waals surface area contributed by atoms with Crippen LogP contribution >= 0.6 is 0 Å². The van der Waals surface area contributed by atoms with Gasteiger partial charge in [0.15, 0.2) is 6.79 Å². The summed E-state index contributed by atoms with van der Waals surface area (Å²) in [6, 6.07) is 6.24. The number of rotatable bonds is 4. The largest absolute Gasteiger partial charge is 0.467 e. The average molecular weight is 242 g/mol. The van der Waals surface area contributed by atoms with E-state index in [-0.39, 0.29) is 12.9 Å². The first-order valence-corrected chi connectivity index (χ1v) is 6.12. The van der Waals surface area contributed by atoms with E-state index >= 15 is 0 Å². The lowest BCUT2D eigenvalue weighted by atomic mass is 9.97. The lowest BCUT2D eigenvalue weighted by Gasteiger charge is -2.27. The summed E-state index contributed by atoms with van der Waals surface area (Å²) in [6.45, 7) is 9.96. The van der Waals surface area contributed by atoms with Crippen molar-refractivity contribution in [1.82, 2.24) is 0 Å². The molecule has 94 valence electrons. The van der Waals surface area contributed by atoms with Crippen molar-refractivity contribution in [3.63, 3.8) is 0 Å². The molecule has 0 bridgehead atoms. The van der Waals surface area contributed by atoms with Gasteiger partial charge in [-0.15, -0.1) is 0 Å². The molecule has 0 aliphatic carbocycles. The second-order valence-corrected chi connectivity index (χ2v) is 4.14. The lowest BCUT2D eigenvalue weighted by Crippen LogP contribution is -2.18. The van der Waals surface area contributed by atoms with Crippen LogP contribution in [0.2, 0.25) is 0 Å². The molecule has 0 spiro atoms. The van der Waals surface area contributed by atoms with E-state index in [1.54, 1.807) is 12.2 Å². The average Bonchev–Trinajstić information content (AvgIpc) is 2.43. The molecule has 1 aliphatic rings. The number of aryl methyl sites for hydroxylation is 1. The third kappa shape index (κ3) is 2.39. The molecule has 1 aromatic rings. The molecule has 0 saturated heterocycles. The molecule has 2 rings (SSSR count). The SMILES string of the molecule is C=CC=C(C=C)C1OCOc2ccc(CC)cc21. The van der Waals surface area contributed by atoms with E-state index in [0.29, 0.717) is 0 Å². The van der Waals surface area contributed by atoms with Crippen LogP contribution in [0.1, 0.15) is 24.2 Å². The maximum absolute atomic E-state index is 5.70. The van der Waals surface area contributed by atoms with Crippen molar-refractivity contribution >= 4 is 0 Å². The van der Waals surface area contributed by atoms with E-state index in [9.17, 15) is 0 Å². The van der Waals surface area contributed by atoms with Crippen LogP contribution in [0.15, 0.2) is 55.2 Å². The van der Waals surface area contributed by atoms with E-state index < -0.39 is 0 Å². The number of benzene rings is 1. The third-order valence-electron chi connectivity index (χ3n) is 3.06. The van der Waals surface area contributed by atoms with E-state index in [1.807, 2.05) is 12.1 Å². The molecule has 0 N–H and O–H groups in total. The zero-order valence-electron chi connectivity index (χ0n) is 10.7. The standard InChI is InChI=1S/C16H18O2/c1-4-7-13(6-3)16-14-10-12(5-2)8-9-15(14)17-11-18-16/h4,6-10,16H,1,3,5,11H2,2H3. The Bertz CT molecular complexity index is 486. The number of ether oxygens (including phenoxy) is 2. The van der Waals surface area contributed by atoms with Crippen LogP contribution in [0.5, 0.6) is 5.75 Å². The topological polar surface area (TPSA) is 18.5 Å². The molecule has 0 aromatic heterocycles. The highest BCUT2D eigenvalue weighted by atomic mass is 16.7. The van der Waals surface area contributed by atoms with Crippen molar-refractivity contribution in [2.24, 2.45) is 0 Å². The molecule has 0 amide bonds. The van der Waals surface area contributed by atoms with E-state index in [4.69, 9.17) is 9.47 Å². The van der Waals surface area contributed by atoms with Gasteiger partial charge in [-0.1, -0.05) is 44.4 Å². The number of hydrogen-bond acceptors (Lipinski definition) is 2. The first-order chi connectivity index (χ1) is 8.80. The molecule has 18 heavy (non-hydrogen) atoms. The molecule has 0 saturated carbocycles. The first kappa shape index (κ1) is 12.7. The van der Waals surface area contributed by atoms with Gasteiger partial charge in [-0.05, 0) is 29.7 Å². The van der Waals surface area contributed by atoms with Gasteiger partial charge in [-0.2, -0.15) is 0 Å². The first-order valence-electron chi connectivity index (χ1n) is 6.12. The molecule has 0 fully saturated rings. The van der Waals surface area contributed by atoms with E-state index in [2.05, 4.69) is 32.2 Å². The Hall–Kier alpha value is -1.80. The Morgan fingerprint density at radius 3 is 2.94 bits per heavy atom. The zero-order valence-corrected chi connectivity index (χ0v) is 10.7. The smallest absolute Gasteiger partial charge is 0.190 e. The summed E-state index contributed by atoms with van der Waals surface area (Å²) in [7, 11) is 0. The Labute approximate surface area is 108 Å². The van der Waals surface area contributed by atoms with E-state index in [0.717, 1.165) is 23.3 Å².